The summed E-state index contributed by atoms with van der Waals surface area (Å²) in [5.74, 6) is 0. The van der Waals surface area contributed by atoms with Crippen LogP contribution in [0.2, 0.25) is 0 Å². The number of aromatic amines is 2. The zero-order chi connectivity index (χ0) is 46.6. The minimum atomic E-state index is -5.69. The second kappa shape index (κ2) is 14.9. The van der Waals surface area contributed by atoms with Gasteiger partial charge in [-0.05, 0) is 53.0 Å². The Morgan fingerprint density at radius 3 is 1.39 bits per heavy atom. The Hall–Kier alpha value is -7.23. The van der Waals surface area contributed by atoms with Crippen LogP contribution in [0.4, 0.5) is 52.7 Å². The van der Waals surface area contributed by atoms with Crippen molar-refractivity contribution in [2.45, 2.75) is 43.1 Å². The van der Waals surface area contributed by atoms with E-state index in [-0.39, 0.29) is 50.8 Å². The number of allylic oxidation sites excluding steroid dienone is 2. The Morgan fingerprint density at radius 1 is 0.455 bits per heavy atom. The van der Waals surface area contributed by atoms with Crippen LogP contribution in [-0.2, 0) is 36.7 Å². The van der Waals surface area contributed by atoms with Gasteiger partial charge in [0.15, 0.2) is 0 Å². The van der Waals surface area contributed by atoms with Crippen molar-refractivity contribution in [1.82, 2.24) is 14.5 Å². The number of halogens is 12. The van der Waals surface area contributed by atoms with E-state index < -0.39 is 98.4 Å². The molecule has 4 nitrogen and oxygen atoms in total. The Bertz CT molecular complexity index is 3270. The molecule has 16 heteroatoms. The van der Waals surface area contributed by atoms with Gasteiger partial charge < -0.3 is 14.5 Å². The second-order valence-corrected chi connectivity index (χ2v) is 16.0. The summed E-state index contributed by atoms with van der Waals surface area (Å²) in [6, 6.07) is 31.1. The number of benzene rings is 4. The molecule has 1 atom stereocenters. The molecule has 3 aromatic heterocycles. The lowest BCUT2D eigenvalue weighted by atomic mass is 9.71. The second-order valence-electron chi connectivity index (χ2n) is 16.0. The van der Waals surface area contributed by atoms with Gasteiger partial charge in [-0.15, -0.1) is 0 Å². The number of alkyl halides is 12. The number of aromatic nitrogens is 3. The fraction of sp³-hybridized carbons (Fsp3) is 0.140. The molecule has 3 aliphatic heterocycles. The molecule has 0 radical (unpaired) electrons. The van der Waals surface area contributed by atoms with Gasteiger partial charge in [-0.1, -0.05) is 121 Å². The van der Waals surface area contributed by atoms with E-state index >= 15 is 52.7 Å². The number of fused-ring (bicyclic) bond motifs is 6. The summed E-state index contributed by atoms with van der Waals surface area (Å²) in [5, 5.41) is -0.565. The number of hydrogen-bond donors (Lipinski definition) is 2. The molecule has 7 aromatic rings. The lowest BCUT2D eigenvalue weighted by Crippen LogP contribution is -2.36. The van der Waals surface area contributed by atoms with E-state index in [1.54, 1.807) is 6.07 Å². The molecule has 10 bridgehead atoms. The van der Waals surface area contributed by atoms with Gasteiger partial charge in [-0.2, -0.15) is 52.7 Å². The fourth-order valence-corrected chi connectivity index (χ4v) is 9.85. The summed E-state index contributed by atoms with van der Waals surface area (Å²) in [6.07, 6.45) is -20.6. The standard InChI is InChI=1S/C50H30F12N4/c51-47(52,53)38-39(48(54,55)56)43-36(28-15-7-2-8-16-28)32-23-24-34(64-32)46(30-19-11-4-12-20-30)25-26-66-44(40(49(57,58)59)41(45(46)66)50(60,61)62)37(29-17-9-3-10-18-29)33-22-21-31(63-33)35(42(38)65-43)27-13-5-1-6-14-27/h1-24,63,65H,25-26H2/b35-31-,36-32-,37-33-/t46-/m1/s1. The first kappa shape index (κ1) is 42.7. The van der Waals surface area contributed by atoms with Crippen LogP contribution in [0, 0.1) is 0 Å². The summed E-state index contributed by atoms with van der Waals surface area (Å²) in [6.45, 7) is -0.422. The van der Waals surface area contributed by atoms with Gasteiger partial charge in [0.2, 0.25) is 0 Å². The van der Waals surface area contributed by atoms with Crippen LogP contribution in [0.25, 0.3) is 16.7 Å². The fourth-order valence-electron chi connectivity index (χ4n) is 9.85. The van der Waals surface area contributed by atoms with Gasteiger partial charge in [0, 0.05) is 39.7 Å². The highest BCUT2D eigenvalue weighted by Gasteiger charge is 2.59. The van der Waals surface area contributed by atoms with Crippen LogP contribution in [-0.4, -0.2) is 20.2 Å². The maximum Gasteiger partial charge on any atom is 0.419 e. The van der Waals surface area contributed by atoms with Crippen molar-refractivity contribution in [2.75, 3.05) is 0 Å². The molecule has 0 saturated heterocycles. The molecule has 0 amide bonds. The van der Waals surface area contributed by atoms with E-state index in [1.807, 2.05) is 0 Å². The number of nitrogens with one attached hydrogen (secondary N) is 2. The van der Waals surface area contributed by atoms with Crippen molar-refractivity contribution < 1.29 is 52.7 Å². The Kier molecular flexibility index (Phi) is 9.64. The molecule has 10 rings (SSSR count). The summed E-state index contributed by atoms with van der Waals surface area (Å²) in [5.41, 5.74) is -16.1. The molecule has 4 aromatic carbocycles. The molecular weight excluding hydrogens is 885 g/mol. The highest BCUT2D eigenvalue weighted by Crippen LogP contribution is 2.57. The number of aliphatic imine (C=N–C) groups is 1. The third-order valence-electron chi connectivity index (χ3n) is 12.3. The van der Waals surface area contributed by atoms with Crippen LogP contribution < -0.4 is 10.7 Å². The van der Waals surface area contributed by atoms with Crippen molar-refractivity contribution in [1.29, 1.82) is 0 Å². The molecule has 2 N–H and O–H groups in total. The lowest BCUT2D eigenvalue weighted by Gasteiger charge is -2.31. The minimum absolute atomic E-state index is 0.00154. The van der Waals surface area contributed by atoms with Crippen LogP contribution >= 0.6 is 0 Å². The molecule has 0 unspecified atom stereocenters. The highest BCUT2D eigenvalue weighted by molar-refractivity contribution is 6.10. The molecule has 0 saturated carbocycles. The van der Waals surface area contributed by atoms with Crippen molar-refractivity contribution in [3.63, 3.8) is 0 Å². The first-order valence-corrected chi connectivity index (χ1v) is 20.3. The topological polar surface area (TPSA) is 48.9 Å². The first-order valence-electron chi connectivity index (χ1n) is 20.3. The first-order chi connectivity index (χ1) is 31.3. The summed E-state index contributed by atoms with van der Waals surface area (Å²) in [7, 11) is 0. The zero-order valence-corrected chi connectivity index (χ0v) is 33.7. The van der Waals surface area contributed by atoms with E-state index in [9.17, 15) is 0 Å². The van der Waals surface area contributed by atoms with Gasteiger partial charge in [0.1, 0.15) is 0 Å². The molecule has 0 aliphatic carbocycles. The summed E-state index contributed by atoms with van der Waals surface area (Å²) >= 11 is 0. The maximum atomic E-state index is 16.0. The van der Waals surface area contributed by atoms with Crippen LogP contribution in [0.3, 0.4) is 0 Å². The van der Waals surface area contributed by atoms with Gasteiger partial charge >= 0.3 is 24.7 Å². The molecule has 0 spiro atoms. The summed E-state index contributed by atoms with van der Waals surface area (Å²) < 4.78 is 191. The van der Waals surface area contributed by atoms with Crippen molar-refractivity contribution in [3.8, 4) is 0 Å². The Morgan fingerprint density at radius 2 is 0.894 bits per heavy atom. The Labute approximate surface area is 366 Å². The quantitative estimate of drug-likeness (QED) is 0.165. The van der Waals surface area contributed by atoms with Crippen LogP contribution in [0.5, 0.6) is 0 Å². The molecule has 66 heavy (non-hydrogen) atoms. The third-order valence-corrected chi connectivity index (χ3v) is 12.3. The SMILES string of the molecule is FC(F)(F)c1c2[nH]c(c1C(F)(F)F)/C(c1ccccc1)=c1/cc/c([nH]1)=C(\c1ccccc1)c1c(C(F)(F)F)c(C(F)(F)F)c3n1CC[C@@]3(c1ccccc1)C1=N/C(=C\2c2ccccc2)C=C1. The monoisotopic (exact) mass is 914 g/mol. The average Bonchev–Trinajstić information content (AvgIpc) is 4.12. The van der Waals surface area contributed by atoms with E-state index in [1.165, 1.54) is 140 Å². The van der Waals surface area contributed by atoms with Crippen molar-refractivity contribution in [2.24, 2.45) is 4.99 Å². The van der Waals surface area contributed by atoms with E-state index in [4.69, 9.17) is 4.99 Å². The van der Waals surface area contributed by atoms with Crippen molar-refractivity contribution >= 4 is 22.4 Å². The van der Waals surface area contributed by atoms with Crippen molar-refractivity contribution in [3.05, 3.63) is 229 Å². The lowest BCUT2D eigenvalue weighted by molar-refractivity contribution is -0.162. The zero-order valence-electron chi connectivity index (χ0n) is 33.7. The number of nitrogens with zero attached hydrogens (tertiary/aromatic N) is 2. The summed E-state index contributed by atoms with van der Waals surface area (Å²) in [4.78, 5) is 10.1. The van der Waals surface area contributed by atoms with E-state index in [2.05, 4.69) is 9.97 Å². The van der Waals surface area contributed by atoms with Gasteiger partial charge in [0.25, 0.3) is 0 Å². The minimum Gasteiger partial charge on any atom is -0.354 e. The molecule has 6 heterocycles. The van der Waals surface area contributed by atoms with Crippen LogP contribution in [0.1, 0.15) is 73.7 Å². The highest BCUT2D eigenvalue weighted by atomic mass is 19.4. The predicted molar refractivity (Wildman–Crippen MR) is 222 cm³/mol. The third kappa shape index (κ3) is 6.66. The Balaban J connectivity index is 1.52. The maximum absolute atomic E-state index is 16.0. The predicted octanol–water partition coefficient (Wildman–Crippen LogP) is 12.2. The van der Waals surface area contributed by atoms with Gasteiger partial charge in [0.05, 0.1) is 56.2 Å². The normalized spacial score (nSPS) is 20.3. The number of hydrogen-bond acceptors (Lipinski definition) is 1. The van der Waals surface area contributed by atoms with E-state index in [0.717, 1.165) is 4.57 Å². The van der Waals surface area contributed by atoms with Gasteiger partial charge in [-0.3, -0.25) is 4.99 Å². The number of H-pyrrole nitrogens is 2. The molecule has 0 fully saturated rings. The molecular formula is C50H30F12N4. The van der Waals surface area contributed by atoms with Gasteiger partial charge in [-0.25, -0.2) is 0 Å². The van der Waals surface area contributed by atoms with Crippen LogP contribution in [0.15, 0.2) is 156 Å². The largest absolute Gasteiger partial charge is 0.419 e. The molecule has 3 aliphatic rings. The molecule has 334 valence electrons. The average molecular weight is 915 g/mol. The smallest absolute Gasteiger partial charge is 0.354 e. The van der Waals surface area contributed by atoms with E-state index in [0.29, 0.717) is 0 Å². The number of rotatable bonds is 4.